The third-order valence-corrected chi connectivity index (χ3v) is 5.47. The van der Waals surface area contributed by atoms with E-state index in [2.05, 4.69) is 20.3 Å². The van der Waals surface area contributed by atoms with E-state index in [1.165, 1.54) is 0 Å². The number of pyridine rings is 1. The molecule has 0 unspecified atom stereocenters. The molecule has 0 spiro atoms. The van der Waals surface area contributed by atoms with Crippen LogP contribution >= 0.6 is 23.2 Å². The molecule has 1 amide bonds. The molecule has 0 bridgehead atoms. The molecule has 5 nitrogen and oxygen atoms in total. The Labute approximate surface area is 190 Å². The van der Waals surface area contributed by atoms with Gasteiger partial charge in [-0.25, -0.2) is 4.98 Å². The van der Waals surface area contributed by atoms with Crippen molar-refractivity contribution in [3.05, 3.63) is 94.6 Å². The molecule has 4 rings (SSSR count). The highest BCUT2D eigenvalue weighted by Crippen LogP contribution is 2.32. The van der Waals surface area contributed by atoms with Crippen molar-refractivity contribution in [1.29, 1.82) is 0 Å². The van der Waals surface area contributed by atoms with Crippen LogP contribution in [0.2, 0.25) is 10.0 Å². The van der Waals surface area contributed by atoms with Gasteiger partial charge in [0, 0.05) is 27.4 Å². The number of nitrogens with zero attached hydrogens (tertiary/aromatic N) is 2. The van der Waals surface area contributed by atoms with E-state index in [0.717, 1.165) is 11.3 Å². The van der Waals surface area contributed by atoms with Gasteiger partial charge in [0.2, 0.25) is 0 Å². The van der Waals surface area contributed by atoms with Crippen LogP contribution in [0.15, 0.2) is 73.1 Å². The van der Waals surface area contributed by atoms with E-state index in [0.29, 0.717) is 27.0 Å². The average Bonchev–Trinajstić information content (AvgIpc) is 3.26. The minimum atomic E-state index is -0.761. The Morgan fingerprint density at radius 1 is 0.968 bits per heavy atom. The van der Waals surface area contributed by atoms with Gasteiger partial charge >= 0.3 is 0 Å². The molecular formula is C24H20Cl2N4O. The van der Waals surface area contributed by atoms with Crippen LogP contribution in [0.3, 0.4) is 0 Å². The number of halogens is 2. The second-order valence-electron chi connectivity index (χ2n) is 7.61. The summed E-state index contributed by atoms with van der Waals surface area (Å²) in [6.07, 6.45) is 3.34. The minimum absolute atomic E-state index is 0.273. The van der Waals surface area contributed by atoms with Gasteiger partial charge in [-0.1, -0.05) is 65.7 Å². The summed E-state index contributed by atoms with van der Waals surface area (Å²) >= 11 is 12.4. The Hall–Kier alpha value is -3.15. The Bertz CT molecular complexity index is 1240. The number of aromatic amines is 1. The van der Waals surface area contributed by atoms with Crippen molar-refractivity contribution in [3.63, 3.8) is 0 Å². The summed E-state index contributed by atoms with van der Waals surface area (Å²) in [4.78, 5) is 25.3. The monoisotopic (exact) mass is 450 g/mol. The summed E-state index contributed by atoms with van der Waals surface area (Å²) in [6, 6.07) is 18.6. The lowest BCUT2D eigenvalue weighted by Gasteiger charge is -2.24. The zero-order valence-electron chi connectivity index (χ0n) is 17.0. The van der Waals surface area contributed by atoms with E-state index in [9.17, 15) is 4.79 Å². The lowest BCUT2D eigenvalue weighted by Crippen LogP contribution is -2.42. The fourth-order valence-corrected chi connectivity index (χ4v) is 3.83. The van der Waals surface area contributed by atoms with Crippen LogP contribution in [-0.4, -0.2) is 20.9 Å². The fourth-order valence-electron chi connectivity index (χ4n) is 3.32. The number of imidazole rings is 1. The SMILES string of the molecule is CC(C)(NC(=O)c1ncccc1-c1ccc(Cl)cc1Cl)c1ncc(-c2ccccc2)[nH]1. The van der Waals surface area contributed by atoms with Crippen LogP contribution in [0.25, 0.3) is 22.4 Å². The molecule has 156 valence electrons. The molecule has 31 heavy (non-hydrogen) atoms. The van der Waals surface area contributed by atoms with E-state index in [-0.39, 0.29) is 11.6 Å². The first-order valence-corrected chi connectivity index (χ1v) is 10.4. The number of amides is 1. The van der Waals surface area contributed by atoms with E-state index < -0.39 is 5.54 Å². The van der Waals surface area contributed by atoms with Gasteiger partial charge in [0.15, 0.2) is 0 Å². The molecule has 0 radical (unpaired) electrons. The molecule has 0 fully saturated rings. The third kappa shape index (κ3) is 4.48. The molecule has 4 aromatic rings. The maximum absolute atomic E-state index is 13.2. The van der Waals surface area contributed by atoms with E-state index in [4.69, 9.17) is 23.2 Å². The fraction of sp³-hybridized carbons (Fsp3) is 0.125. The molecule has 0 aliphatic carbocycles. The largest absolute Gasteiger partial charge is 0.340 e. The lowest BCUT2D eigenvalue weighted by molar-refractivity contribution is 0.0904. The Morgan fingerprint density at radius 2 is 1.74 bits per heavy atom. The molecule has 0 aliphatic rings. The summed E-state index contributed by atoms with van der Waals surface area (Å²) in [5, 5.41) is 4.01. The van der Waals surface area contributed by atoms with Gasteiger partial charge < -0.3 is 10.3 Å². The molecule has 0 saturated heterocycles. The third-order valence-electron chi connectivity index (χ3n) is 4.92. The van der Waals surface area contributed by atoms with Crippen molar-refractivity contribution in [2.24, 2.45) is 0 Å². The van der Waals surface area contributed by atoms with Crippen LogP contribution in [0.4, 0.5) is 0 Å². The van der Waals surface area contributed by atoms with Crippen molar-refractivity contribution in [3.8, 4) is 22.4 Å². The molecule has 2 heterocycles. The first-order valence-electron chi connectivity index (χ1n) is 9.69. The molecule has 2 N–H and O–H groups in total. The normalized spacial score (nSPS) is 11.4. The van der Waals surface area contributed by atoms with Crippen molar-refractivity contribution in [1.82, 2.24) is 20.3 Å². The summed E-state index contributed by atoms with van der Waals surface area (Å²) in [5.74, 6) is 0.311. The number of hydrogen-bond donors (Lipinski definition) is 2. The Morgan fingerprint density at radius 3 is 2.48 bits per heavy atom. The van der Waals surface area contributed by atoms with Gasteiger partial charge in [0.25, 0.3) is 5.91 Å². The maximum atomic E-state index is 13.2. The topological polar surface area (TPSA) is 70.7 Å². The van der Waals surface area contributed by atoms with Crippen LogP contribution in [0, 0.1) is 0 Å². The minimum Gasteiger partial charge on any atom is -0.340 e. The van der Waals surface area contributed by atoms with Crippen molar-refractivity contribution in [2.75, 3.05) is 0 Å². The van der Waals surface area contributed by atoms with E-state index in [1.54, 1.807) is 36.7 Å². The lowest BCUT2D eigenvalue weighted by atomic mass is 10.0. The van der Waals surface area contributed by atoms with E-state index in [1.807, 2.05) is 50.2 Å². The quantitative estimate of drug-likeness (QED) is 0.385. The predicted octanol–water partition coefficient (Wildman–Crippen LogP) is 6.11. The summed E-state index contributed by atoms with van der Waals surface area (Å²) in [7, 11) is 0. The highest BCUT2D eigenvalue weighted by molar-refractivity contribution is 6.36. The number of aromatic nitrogens is 3. The number of nitrogens with one attached hydrogen (secondary N) is 2. The van der Waals surface area contributed by atoms with Gasteiger partial charge in [-0.05, 0) is 37.6 Å². The zero-order chi connectivity index (χ0) is 22.0. The second kappa shape index (κ2) is 8.53. The molecule has 7 heteroatoms. The number of benzene rings is 2. The molecule has 2 aromatic carbocycles. The van der Waals surface area contributed by atoms with Gasteiger partial charge in [0.1, 0.15) is 11.5 Å². The summed E-state index contributed by atoms with van der Waals surface area (Å²) in [5.41, 5.74) is 2.73. The second-order valence-corrected chi connectivity index (χ2v) is 8.46. The number of carbonyl (C=O) groups is 1. The molecule has 0 atom stereocenters. The van der Waals surface area contributed by atoms with Crippen LogP contribution in [-0.2, 0) is 5.54 Å². The molecule has 0 saturated carbocycles. The van der Waals surface area contributed by atoms with E-state index >= 15 is 0 Å². The van der Waals surface area contributed by atoms with Crippen LogP contribution < -0.4 is 5.32 Å². The van der Waals surface area contributed by atoms with Crippen LogP contribution in [0.1, 0.15) is 30.2 Å². The summed E-state index contributed by atoms with van der Waals surface area (Å²) in [6.45, 7) is 3.77. The van der Waals surface area contributed by atoms with Crippen molar-refractivity contribution in [2.45, 2.75) is 19.4 Å². The molecular weight excluding hydrogens is 431 g/mol. The Kier molecular flexibility index (Phi) is 5.81. The predicted molar refractivity (Wildman–Crippen MR) is 124 cm³/mol. The van der Waals surface area contributed by atoms with Crippen LogP contribution in [0.5, 0.6) is 0 Å². The number of carbonyl (C=O) groups excluding carboxylic acids is 1. The summed E-state index contributed by atoms with van der Waals surface area (Å²) < 4.78 is 0. The number of rotatable bonds is 5. The molecule has 2 aromatic heterocycles. The highest BCUT2D eigenvalue weighted by Gasteiger charge is 2.28. The molecule has 0 aliphatic heterocycles. The number of H-pyrrole nitrogens is 1. The first kappa shape index (κ1) is 21.1. The first-order chi connectivity index (χ1) is 14.8. The van der Waals surface area contributed by atoms with Gasteiger partial charge in [-0.2, -0.15) is 0 Å². The smallest absolute Gasteiger partial charge is 0.271 e. The van der Waals surface area contributed by atoms with Gasteiger partial charge in [-0.15, -0.1) is 0 Å². The zero-order valence-corrected chi connectivity index (χ0v) is 18.5. The average molecular weight is 451 g/mol. The Balaban J connectivity index is 1.62. The van der Waals surface area contributed by atoms with Crippen molar-refractivity contribution < 1.29 is 4.79 Å². The standard InChI is InChI=1S/C24H20Cl2N4O/c1-24(2,23-28-14-20(29-23)15-7-4-3-5-8-15)30-22(31)21-18(9-6-12-27-21)17-11-10-16(25)13-19(17)26/h3-14H,1-2H3,(H,28,29)(H,30,31). The maximum Gasteiger partial charge on any atom is 0.271 e. The van der Waals surface area contributed by atoms with Gasteiger partial charge in [0.05, 0.1) is 17.4 Å². The number of hydrogen-bond acceptors (Lipinski definition) is 3. The highest BCUT2D eigenvalue weighted by atomic mass is 35.5. The van der Waals surface area contributed by atoms with Crippen molar-refractivity contribution >= 4 is 29.1 Å². The van der Waals surface area contributed by atoms with Gasteiger partial charge in [-0.3, -0.25) is 9.78 Å².